The summed E-state index contributed by atoms with van der Waals surface area (Å²) in [6.45, 7) is 6.26. The van der Waals surface area contributed by atoms with Crippen LogP contribution in [0.2, 0.25) is 0 Å². The fraction of sp³-hybridized carbons (Fsp3) is 0.450. The van der Waals surface area contributed by atoms with Crippen molar-refractivity contribution in [3.63, 3.8) is 0 Å². The van der Waals surface area contributed by atoms with E-state index in [2.05, 4.69) is 34.7 Å². The minimum Gasteiger partial charge on any atom is -0.497 e. The van der Waals surface area contributed by atoms with Gasteiger partial charge in [-0.15, -0.1) is 6.58 Å². The van der Waals surface area contributed by atoms with Gasteiger partial charge < -0.3 is 10.5 Å². The molecule has 1 aromatic carbocycles. The number of pyridine rings is 1. The van der Waals surface area contributed by atoms with E-state index in [4.69, 9.17) is 10.5 Å². The Hall–Kier alpha value is -1.91. The van der Waals surface area contributed by atoms with Gasteiger partial charge in [-0.25, -0.2) is 0 Å². The number of aromatic nitrogens is 1. The number of methoxy groups -OCH3 is 1. The van der Waals surface area contributed by atoms with Crippen molar-refractivity contribution in [1.82, 2.24) is 9.88 Å². The van der Waals surface area contributed by atoms with Gasteiger partial charge in [-0.05, 0) is 61.1 Å². The van der Waals surface area contributed by atoms with Gasteiger partial charge in [0, 0.05) is 30.2 Å². The lowest BCUT2D eigenvalue weighted by molar-refractivity contribution is 0.00749. The zero-order valence-electron chi connectivity index (χ0n) is 14.2. The third-order valence-corrected chi connectivity index (χ3v) is 5.91. The van der Waals surface area contributed by atoms with Crippen LogP contribution in [0.15, 0.2) is 43.1 Å². The van der Waals surface area contributed by atoms with Gasteiger partial charge in [0.05, 0.1) is 12.6 Å². The summed E-state index contributed by atoms with van der Waals surface area (Å²) in [5.41, 5.74) is 8.91. The number of ether oxygens (including phenoxy) is 1. The Kier molecular flexibility index (Phi) is 4.02. The van der Waals surface area contributed by atoms with Gasteiger partial charge in [0.25, 0.3) is 0 Å². The van der Waals surface area contributed by atoms with Gasteiger partial charge in [0.2, 0.25) is 0 Å². The molecule has 0 spiro atoms. The van der Waals surface area contributed by atoms with E-state index in [9.17, 15) is 0 Å². The van der Waals surface area contributed by atoms with Crippen LogP contribution in [-0.2, 0) is 0 Å². The van der Waals surface area contributed by atoms with Gasteiger partial charge in [-0.3, -0.25) is 9.88 Å². The Balaban J connectivity index is 1.69. The molecule has 2 N–H and O–H groups in total. The Bertz CT molecular complexity index is 760. The third kappa shape index (κ3) is 2.50. The minimum absolute atomic E-state index is 0.00354. The molecule has 0 amide bonds. The average Bonchev–Trinajstić information content (AvgIpc) is 2.66. The first-order valence-electron chi connectivity index (χ1n) is 8.76. The number of hydrogen-bond acceptors (Lipinski definition) is 4. The molecule has 4 heteroatoms. The Morgan fingerprint density at radius 2 is 2.29 bits per heavy atom. The number of piperidine rings is 3. The summed E-state index contributed by atoms with van der Waals surface area (Å²) in [7, 11) is 1.69. The van der Waals surface area contributed by atoms with Gasteiger partial charge in [0.1, 0.15) is 5.75 Å². The molecule has 3 aliphatic rings. The molecule has 1 aromatic heterocycles. The van der Waals surface area contributed by atoms with E-state index < -0.39 is 0 Å². The average molecular weight is 323 g/mol. The molecule has 24 heavy (non-hydrogen) atoms. The first kappa shape index (κ1) is 15.6. The van der Waals surface area contributed by atoms with Crippen LogP contribution in [0.5, 0.6) is 5.75 Å². The van der Waals surface area contributed by atoms with Crippen LogP contribution in [0, 0.1) is 11.8 Å². The highest BCUT2D eigenvalue weighted by Gasteiger charge is 2.41. The molecule has 5 rings (SSSR count). The number of fused-ring (bicyclic) bond motifs is 4. The van der Waals surface area contributed by atoms with E-state index >= 15 is 0 Å². The van der Waals surface area contributed by atoms with Crippen LogP contribution in [0.3, 0.4) is 0 Å². The maximum atomic E-state index is 6.76. The molecule has 3 saturated heterocycles. The van der Waals surface area contributed by atoms with Gasteiger partial charge in [-0.2, -0.15) is 0 Å². The molecule has 3 fully saturated rings. The summed E-state index contributed by atoms with van der Waals surface area (Å²) in [4.78, 5) is 7.04. The van der Waals surface area contributed by atoms with Crippen molar-refractivity contribution in [3.05, 3.63) is 48.7 Å². The highest BCUT2D eigenvalue weighted by Crippen LogP contribution is 2.41. The van der Waals surface area contributed by atoms with Gasteiger partial charge in [-0.1, -0.05) is 6.08 Å². The molecule has 3 aliphatic heterocycles. The highest BCUT2D eigenvalue weighted by atomic mass is 16.5. The minimum atomic E-state index is -0.00354. The standard InChI is InChI=1S/C20H25N3O/c1-3-13-12-23-9-7-14(13)10-19(23)20(21)16-6-8-22-18-5-4-15(24-2)11-17(16)18/h3-6,8,11,13-14,19-20H,1,7,9-10,12,21H2,2H3/t13-,14?,19+,20+/m0/s1. The van der Waals surface area contributed by atoms with Crippen LogP contribution >= 0.6 is 0 Å². The monoisotopic (exact) mass is 323 g/mol. The summed E-state index contributed by atoms with van der Waals surface area (Å²) >= 11 is 0. The highest BCUT2D eigenvalue weighted by molar-refractivity contribution is 5.84. The number of benzene rings is 1. The fourth-order valence-electron chi connectivity index (χ4n) is 4.52. The van der Waals surface area contributed by atoms with E-state index in [0.29, 0.717) is 12.0 Å². The topological polar surface area (TPSA) is 51.4 Å². The van der Waals surface area contributed by atoms with Crippen LogP contribution in [0.25, 0.3) is 10.9 Å². The predicted octanol–water partition coefficient (Wildman–Crippen LogP) is 3.14. The zero-order chi connectivity index (χ0) is 16.7. The quantitative estimate of drug-likeness (QED) is 0.878. The lowest BCUT2D eigenvalue weighted by Crippen LogP contribution is -2.56. The van der Waals surface area contributed by atoms with Crippen molar-refractivity contribution in [2.75, 3.05) is 20.2 Å². The van der Waals surface area contributed by atoms with Gasteiger partial charge in [0.15, 0.2) is 0 Å². The Labute approximate surface area is 143 Å². The molecule has 0 saturated carbocycles. The largest absolute Gasteiger partial charge is 0.497 e. The zero-order valence-corrected chi connectivity index (χ0v) is 14.2. The molecule has 0 radical (unpaired) electrons. The number of nitrogens with two attached hydrogens (primary N) is 1. The van der Waals surface area contributed by atoms with E-state index in [1.807, 2.05) is 18.3 Å². The Morgan fingerprint density at radius 1 is 1.42 bits per heavy atom. The normalized spacial score (nSPS) is 30.2. The van der Waals surface area contributed by atoms with E-state index in [0.717, 1.165) is 42.1 Å². The smallest absolute Gasteiger partial charge is 0.119 e. The van der Waals surface area contributed by atoms with Crippen molar-refractivity contribution in [3.8, 4) is 5.75 Å². The van der Waals surface area contributed by atoms with Crippen molar-refractivity contribution in [2.45, 2.75) is 24.9 Å². The van der Waals surface area contributed by atoms with Crippen molar-refractivity contribution >= 4 is 10.9 Å². The molecular formula is C20H25N3O. The van der Waals surface area contributed by atoms with E-state index in [1.165, 1.54) is 12.0 Å². The SMILES string of the molecule is C=C[C@H]1CN2CCC1C[C@@H]2[C@H](N)c1ccnc2ccc(OC)cc12. The lowest BCUT2D eigenvalue weighted by atomic mass is 9.73. The predicted molar refractivity (Wildman–Crippen MR) is 97.0 cm³/mol. The molecule has 0 aliphatic carbocycles. The lowest BCUT2D eigenvalue weighted by Gasteiger charge is -2.51. The maximum Gasteiger partial charge on any atom is 0.119 e. The molecule has 4 nitrogen and oxygen atoms in total. The second-order valence-electron chi connectivity index (χ2n) is 7.06. The molecule has 5 atom stereocenters. The molecule has 4 heterocycles. The summed E-state index contributed by atoms with van der Waals surface area (Å²) in [5, 5.41) is 1.10. The summed E-state index contributed by atoms with van der Waals surface area (Å²) in [6, 6.07) is 8.48. The summed E-state index contributed by atoms with van der Waals surface area (Å²) in [5.74, 6) is 2.20. The van der Waals surface area contributed by atoms with Crippen LogP contribution < -0.4 is 10.5 Å². The molecule has 2 aromatic rings. The second-order valence-corrected chi connectivity index (χ2v) is 7.06. The first-order valence-corrected chi connectivity index (χ1v) is 8.76. The van der Waals surface area contributed by atoms with E-state index in [-0.39, 0.29) is 6.04 Å². The van der Waals surface area contributed by atoms with Gasteiger partial charge >= 0.3 is 0 Å². The van der Waals surface area contributed by atoms with Crippen LogP contribution in [0.1, 0.15) is 24.4 Å². The molecule has 2 bridgehead atoms. The van der Waals surface area contributed by atoms with Crippen LogP contribution in [0.4, 0.5) is 0 Å². The molecule has 126 valence electrons. The third-order valence-electron chi connectivity index (χ3n) is 5.91. The van der Waals surface area contributed by atoms with Crippen molar-refractivity contribution in [2.24, 2.45) is 17.6 Å². The molecule has 2 unspecified atom stereocenters. The number of rotatable bonds is 4. The summed E-state index contributed by atoms with van der Waals surface area (Å²) in [6.07, 6.45) is 6.43. The summed E-state index contributed by atoms with van der Waals surface area (Å²) < 4.78 is 5.39. The Morgan fingerprint density at radius 3 is 3.00 bits per heavy atom. The number of hydrogen-bond donors (Lipinski definition) is 1. The van der Waals surface area contributed by atoms with Crippen molar-refractivity contribution < 1.29 is 4.74 Å². The van der Waals surface area contributed by atoms with E-state index in [1.54, 1.807) is 7.11 Å². The second kappa shape index (κ2) is 6.19. The fourth-order valence-corrected chi connectivity index (χ4v) is 4.52. The molecular weight excluding hydrogens is 298 g/mol. The van der Waals surface area contributed by atoms with Crippen LogP contribution in [-0.4, -0.2) is 36.1 Å². The van der Waals surface area contributed by atoms with Crippen molar-refractivity contribution in [1.29, 1.82) is 0 Å². The first-order chi connectivity index (χ1) is 11.7. The maximum absolute atomic E-state index is 6.76. The number of nitrogens with zero attached hydrogens (tertiary/aromatic N) is 2.